The van der Waals surface area contributed by atoms with Gasteiger partial charge in [0.25, 0.3) is 0 Å². The Kier molecular flexibility index (Phi) is 2.48. The number of hydrogen-bond donors (Lipinski definition) is 2. The van der Waals surface area contributed by atoms with E-state index < -0.39 is 17.0 Å². The zero-order valence-electron chi connectivity index (χ0n) is 8.21. The van der Waals surface area contributed by atoms with Crippen LogP contribution in [0.1, 0.15) is 17.9 Å². The predicted octanol–water partition coefficient (Wildman–Crippen LogP) is 1.39. The third-order valence-corrected chi connectivity index (χ3v) is 3.24. The van der Waals surface area contributed by atoms with Crippen LogP contribution in [0.25, 0.3) is 0 Å². The number of halogens is 2. The first-order chi connectivity index (χ1) is 7.13. The van der Waals surface area contributed by atoms with Gasteiger partial charge in [-0.05, 0) is 36.1 Å². The predicted molar refractivity (Wildman–Crippen MR) is 52.3 cm³/mol. The van der Waals surface area contributed by atoms with Gasteiger partial charge in [0.1, 0.15) is 11.6 Å². The smallest absolute Gasteiger partial charge is 0.126 e. The van der Waals surface area contributed by atoms with Gasteiger partial charge in [-0.1, -0.05) is 0 Å². The largest absolute Gasteiger partial charge is 0.396 e. The lowest BCUT2D eigenvalue weighted by Crippen LogP contribution is -2.21. The molecule has 0 radical (unpaired) electrons. The molecule has 3 N–H and O–H groups in total. The van der Waals surface area contributed by atoms with Gasteiger partial charge in [-0.2, -0.15) is 0 Å². The fourth-order valence-corrected chi connectivity index (χ4v) is 2.03. The average molecular weight is 213 g/mol. The molecule has 2 atom stereocenters. The SMILES string of the molecule is NC[C@]1(CO)C[C@H]1c1cc(F)ccc1F. The highest BCUT2D eigenvalue weighted by molar-refractivity contribution is 5.32. The van der Waals surface area contributed by atoms with E-state index in [1.165, 1.54) is 6.07 Å². The molecule has 0 saturated heterocycles. The number of hydrogen-bond acceptors (Lipinski definition) is 2. The number of aliphatic hydroxyl groups is 1. The lowest BCUT2D eigenvalue weighted by atomic mass is 9.99. The van der Waals surface area contributed by atoms with Crippen LogP contribution in [0, 0.1) is 17.0 Å². The minimum Gasteiger partial charge on any atom is -0.396 e. The molecule has 1 saturated carbocycles. The van der Waals surface area contributed by atoms with Crippen LogP contribution in [0.3, 0.4) is 0 Å². The molecule has 0 aliphatic heterocycles. The van der Waals surface area contributed by atoms with Crippen molar-refractivity contribution in [2.24, 2.45) is 11.1 Å². The van der Waals surface area contributed by atoms with E-state index in [0.717, 1.165) is 12.1 Å². The highest BCUT2D eigenvalue weighted by Gasteiger charge is 2.54. The Morgan fingerprint density at radius 2 is 2.20 bits per heavy atom. The van der Waals surface area contributed by atoms with E-state index >= 15 is 0 Å². The summed E-state index contributed by atoms with van der Waals surface area (Å²) >= 11 is 0. The van der Waals surface area contributed by atoms with Gasteiger partial charge in [0, 0.05) is 12.0 Å². The van der Waals surface area contributed by atoms with Gasteiger partial charge in [0.15, 0.2) is 0 Å². The van der Waals surface area contributed by atoms with Crippen molar-refractivity contribution < 1.29 is 13.9 Å². The molecule has 1 aliphatic carbocycles. The molecular weight excluding hydrogens is 200 g/mol. The molecular formula is C11H13F2NO. The summed E-state index contributed by atoms with van der Waals surface area (Å²) in [5, 5.41) is 9.15. The van der Waals surface area contributed by atoms with Crippen LogP contribution in [-0.4, -0.2) is 18.3 Å². The zero-order valence-corrected chi connectivity index (χ0v) is 8.21. The fraction of sp³-hybridized carbons (Fsp3) is 0.455. The van der Waals surface area contributed by atoms with Gasteiger partial charge in [-0.15, -0.1) is 0 Å². The normalized spacial score (nSPS) is 29.2. The first-order valence-electron chi connectivity index (χ1n) is 4.89. The van der Waals surface area contributed by atoms with Crippen molar-refractivity contribution in [2.45, 2.75) is 12.3 Å². The molecule has 0 unspecified atom stereocenters. The van der Waals surface area contributed by atoms with Crippen molar-refractivity contribution >= 4 is 0 Å². The van der Waals surface area contributed by atoms with Gasteiger partial charge in [0.05, 0.1) is 6.61 Å². The molecule has 1 aromatic carbocycles. The molecule has 1 aromatic rings. The summed E-state index contributed by atoms with van der Waals surface area (Å²) in [5.74, 6) is -1.03. The summed E-state index contributed by atoms with van der Waals surface area (Å²) in [6.07, 6.45) is 0.625. The first-order valence-corrected chi connectivity index (χ1v) is 4.89. The van der Waals surface area contributed by atoms with Crippen LogP contribution in [0.15, 0.2) is 18.2 Å². The standard InChI is InChI=1S/C11H13F2NO/c12-7-1-2-10(13)8(3-7)9-4-11(9,5-14)6-15/h1-3,9,15H,4-6,14H2/t9-,11-/m0/s1. The van der Waals surface area contributed by atoms with E-state index in [2.05, 4.69) is 0 Å². The number of rotatable bonds is 3. The van der Waals surface area contributed by atoms with Crippen molar-refractivity contribution in [3.8, 4) is 0 Å². The summed E-state index contributed by atoms with van der Waals surface area (Å²) in [6.45, 7) is 0.217. The number of aliphatic hydroxyl groups excluding tert-OH is 1. The van der Waals surface area contributed by atoms with Crippen molar-refractivity contribution in [1.29, 1.82) is 0 Å². The van der Waals surface area contributed by atoms with E-state index in [1.54, 1.807) is 0 Å². The zero-order chi connectivity index (χ0) is 11.1. The molecule has 82 valence electrons. The van der Waals surface area contributed by atoms with Crippen LogP contribution in [0.2, 0.25) is 0 Å². The molecule has 2 rings (SSSR count). The van der Waals surface area contributed by atoms with Crippen molar-refractivity contribution in [1.82, 2.24) is 0 Å². The van der Waals surface area contributed by atoms with E-state index in [4.69, 9.17) is 10.8 Å². The summed E-state index contributed by atoms with van der Waals surface area (Å²) < 4.78 is 26.3. The van der Waals surface area contributed by atoms with E-state index in [-0.39, 0.29) is 12.5 Å². The Labute approximate surface area is 86.7 Å². The lowest BCUT2D eigenvalue weighted by molar-refractivity contribution is 0.211. The van der Waals surface area contributed by atoms with Crippen LogP contribution in [0.5, 0.6) is 0 Å². The molecule has 0 heterocycles. The Bertz CT molecular complexity index is 377. The van der Waals surface area contributed by atoms with Crippen LogP contribution in [-0.2, 0) is 0 Å². The molecule has 1 fully saturated rings. The van der Waals surface area contributed by atoms with Crippen molar-refractivity contribution in [3.63, 3.8) is 0 Å². The second-order valence-electron chi connectivity index (χ2n) is 4.15. The Balaban J connectivity index is 2.29. The maximum atomic E-state index is 13.4. The second-order valence-corrected chi connectivity index (χ2v) is 4.15. The Morgan fingerprint density at radius 3 is 2.73 bits per heavy atom. The van der Waals surface area contributed by atoms with Crippen LogP contribution < -0.4 is 5.73 Å². The molecule has 0 amide bonds. The Morgan fingerprint density at radius 1 is 1.47 bits per heavy atom. The minimum absolute atomic E-state index is 0.0792. The summed E-state index contributed by atoms with van der Waals surface area (Å²) in [6, 6.07) is 3.39. The molecule has 15 heavy (non-hydrogen) atoms. The van der Waals surface area contributed by atoms with Crippen LogP contribution >= 0.6 is 0 Å². The molecule has 1 aliphatic rings. The quantitative estimate of drug-likeness (QED) is 0.797. The van der Waals surface area contributed by atoms with E-state index in [0.29, 0.717) is 18.5 Å². The molecule has 4 heteroatoms. The van der Waals surface area contributed by atoms with Gasteiger partial charge >= 0.3 is 0 Å². The lowest BCUT2D eigenvalue weighted by Gasteiger charge is -2.11. The topological polar surface area (TPSA) is 46.2 Å². The van der Waals surface area contributed by atoms with Crippen LogP contribution in [0.4, 0.5) is 8.78 Å². The van der Waals surface area contributed by atoms with E-state index in [1.807, 2.05) is 0 Å². The highest BCUT2D eigenvalue weighted by Crippen LogP contribution is 2.58. The third-order valence-electron chi connectivity index (χ3n) is 3.24. The fourth-order valence-electron chi connectivity index (χ4n) is 2.03. The number of benzene rings is 1. The van der Waals surface area contributed by atoms with Gasteiger partial charge in [-0.3, -0.25) is 0 Å². The highest BCUT2D eigenvalue weighted by atomic mass is 19.1. The number of nitrogens with two attached hydrogens (primary N) is 1. The first kappa shape index (κ1) is 10.5. The van der Waals surface area contributed by atoms with Gasteiger partial charge in [-0.25, -0.2) is 8.78 Å². The maximum Gasteiger partial charge on any atom is 0.126 e. The third kappa shape index (κ3) is 1.64. The molecule has 2 nitrogen and oxygen atoms in total. The summed E-state index contributed by atoms with van der Waals surface area (Å²) in [7, 11) is 0. The monoisotopic (exact) mass is 213 g/mol. The van der Waals surface area contributed by atoms with E-state index in [9.17, 15) is 8.78 Å². The minimum atomic E-state index is -0.456. The summed E-state index contributed by atoms with van der Waals surface area (Å²) in [5.41, 5.74) is 5.41. The van der Waals surface area contributed by atoms with Gasteiger partial charge < -0.3 is 10.8 Å². The van der Waals surface area contributed by atoms with Crippen molar-refractivity contribution in [3.05, 3.63) is 35.4 Å². The Hall–Kier alpha value is -1.00. The average Bonchev–Trinajstić information content (AvgIpc) is 2.97. The molecule has 0 spiro atoms. The summed E-state index contributed by atoms with van der Waals surface area (Å²) in [4.78, 5) is 0. The molecule has 0 aromatic heterocycles. The second kappa shape index (κ2) is 3.54. The van der Waals surface area contributed by atoms with Crippen molar-refractivity contribution in [2.75, 3.05) is 13.2 Å². The molecule has 0 bridgehead atoms. The van der Waals surface area contributed by atoms with Gasteiger partial charge in [0.2, 0.25) is 0 Å². The maximum absolute atomic E-state index is 13.4.